The van der Waals surface area contributed by atoms with Crippen LogP contribution in [0.2, 0.25) is 0 Å². The number of carbonyl (C=O) groups is 4. The molecule has 7 saturated heterocycles. The van der Waals surface area contributed by atoms with Crippen LogP contribution in [0.4, 0.5) is 4.79 Å². The maximum absolute atomic E-state index is 13.9. The number of unbranched alkanes of at least 4 members (excludes halogenated alkanes) is 1. The van der Waals surface area contributed by atoms with Gasteiger partial charge in [0.15, 0.2) is 43.7 Å². The quantitative estimate of drug-likeness (QED) is 0.0169. The number of carboxylic acid groups (broad SMARTS) is 2. The Labute approximate surface area is 874 Å². The molecule has 628 valence electrons. The number of methoxy groups -OCH3 is 7. The second-order valence-corrected chi connectivity index (χ2v) is 31.8. The minimum absolute atomic E-state index is 0. The van der Waals surface area contributed by atoms with Gasteiger partial charge in [0.1, 0.15) is 110 Å². The van der Waals surface area contributed by atoms with E-state index in [1.54, 1.807) is 11.8 Å². The summed E-state index contributed by atoms with van der Waals surface area (Å²) < 4.78 is 377. The van der Waals surface area contributed by atoms with Crippen molar-refractivity contribution in [2.75, 3.05) is 75.3 Å². The normalized spacial score (nSPS) is 34.5. The number of fused-ring (bicyclic) bond motifs is 1. The third-order valence-electron chi connectivity index (χ3n) is 16.8. The zero-order chi connectivity index (χ0) is 80.7. The fraction of sp³-hybridized carbons (Fsp3) is 0.915. The van der Waals surface area contributed by atoms with Gasteiger partial charge in [-0.05, 0) is 12.8 Å². The molecule has 3 N–H and O–H groups in total. The first-order valence-electron chi connectivity index (χ1n) is 30.4. The van der Waals surface area contributed by atoms with E-state index < -0.39 is 264 Å². The number of hydrogen-bond donors (Lipinski definition) is 3. The Morgan fingerprint density at radius 3 is 1.09 bits per heavy atom. The van der Waals surface area contributed by atoms with Crippen molar-refractivity contribution in [3.8, 4) is 0 Å². The molecule has 7 rings (SSSR count). The van der Waals surface area contributed by atoms with E-state index in [1.165, 1.54) is 0 Å². The molecule has 3 amide bonds. The van der Waals surface area contributed by atoms with Gasteiger partial charge in [-0.15, -0.1) is 0 Å². The van der Waals surface area contributed by atoms with E-state index in [0.29, 0.717) is 39.9 Å². The second-order valence-electron chi connectivity index (χ2n) is 23.4. The molecule has 7 fully saturated rings. The van der Waals surface area contributed by atoms with E-state index in [1.807, 2.05) is 0 Å². The third-order valence-corrected chi connectivity index (χ3v) is 21.4. The van der Waals surface area contributed by atoms with Gasteiger partial charge in [-0.2, -0.15) is 11.8 Å². The minimum atomic E-state index is -6.57. The van der Waals surface area contributed by atoms with Crippen molar-refractivity contribution in [1.82, 2.24) is 16.0 Å². The Bertz CT molecular complexity index is 3950. The number of urea groups is 1. The van der Waals surface area contributed by atoms with Crippen LogP contribution >= 0.6 is 11.8 Å². The van der Waals surface area contributed by atoms with E-state index >= 15 is 0 Å². The number of carboxylic acids is 2. The van der Waals surface area contributed by atoms with Crippen molar-refractivity contribution in [3.05, 3.63) is 0 Å². The molecular weight excluding hydrogens is 1870 g/mol. The third kappa shape index (κ3) is 38.1. The predicted molar refractivity (Wildman–Crippen MR) is 316 cm³/mol. The standard InChI is InChI=1S/C47H77N3O50S8.9Na/c1-78-24-17(12-85-102(57,58)59)88-42(23(27(24)79-2)49-21(51)11-9-8-10-20-22-16(15-101-20)48-47(56)50-22)93-30-28(80-3)36(82-5)44(95-34(30)40(52)53)92-26-19(14-87-104(63,64)65)90-46(39(100-108(75,76)77)33(26)98-106(69,70)71)94-31-29(81-4)37(83-6)45(96-35(31)41(54)55)91-25-18(13-86-103(60,61)62)89-43(84-7)38(99-107(72,73)74)32(25)97-105(66,67)68;;;;;;;;;/h16-20,22-39,42-46H,8-15H2,1-7H3,(H,49,51)(H,52,53)(H,54,55)(H2,48,50,56)(H,57,58,59)(H,60,61,62)(H,63,64,65)(H,66,67,68)(H,69,70,71)(H,72,73,74)(H,75,76,77);;;;;;;;;/q;9*+1/p-9/t16-,17+,18+,19+,20-,22-,23+,24+,25+,26+,27+,28-,29-,30-,31-,32-,33-,34-,35+,36+,37+,38+,39+,42+,43-,44+,45+,46+;;;;;;;;;/m0........./s1. The number of thioether (sulfide) groups is 1. The number of rotatable bonds is 40. The molecule has 0 radical (unpaired) electrons. The summed E-state index contributed by atoms with van der Waals surface area (Å²) in [5.41, 5.74) is 0. The van der Waals surface area contributed by atoms with Crippen molar-refractivity contribution in [1.29, 1.82) is 0 Å². The number of amides is 3. The molecule has 7 aliphatic rings. The number of carbonyl (C=O) groups excluding carboxylic acids is 4. The smallest absolute Gasteiger partial charge is 0.726 e. The van der Waals surface area contributed by atoms with Gasteiger partial charge in [-0.1, -0.05) is 6.42 Å². The molecule has 53 nitrogen and oxygen atoms in total. The van der Waals surface area contributed by atoms with Crippen LogP contribution < -0.4 is 292 Å². The van der Waals surface area contributed by atoms with Crippen molar-refractivity contribution in [2.24, 2.45) is 0 Å². The van der Waals surface area contributed by atoms with Gasteiger partial charge in [-0.25, -0.2) is 63.7 Å². The average molecular weight is 1940 g/mol. The van der Waals surface area contributed by atoms with Crippen LogP contribution in [0, 0.1) is 0 Å². The summed E-state index contributed by atoms with van der Waals surface area (Å²) in [7, 11) is -37.4. The van der Waals surface area contributed by atoms with Gasteiger partial charge >= 0.3 is 272 Å². The monoisotopic (exact) mass is 1940 g/mol. The zero-order valence-corrected chi connectivity index (χ0v) is 89.5. The fourth-order valence-electron chi connectivity index (χ4n) is 12.6. The van der Waals surface area contributed by atoms with Gasteiger partial charge in [0, 0.05) is 67.2 Å². The van der Waals surface area contributed by atoms with E-state index in [9.17, 15) is 120 Å². The van der Waals surface area contributed by atoms with Gasteiger partial charge in [-0.3, -0.25) is 34.1 Å². The Balaban J connectivity index is -0.0000144. The molecule has 0 unspecified atom stereocenters. The van der Waals surface area contributed by atoms with E-state index in [4.69, 9.17) is 75.8 Å². The predicted octanol–water partition coefficient (Wildman–Crippen LogP) is -39.6. The number of hydrogen-bond acceptors (Lipinski definition) is 51. The summed E-state index contributed by atoms with van der Waals surface area (Å²) in [6, 6.07) is -2.35. The maximum Gasteiger partial charge on any atom is 1.00 e. The van der Waals surface area contributed by atoms with Crippen molar-refractivity contribution >= 4 is 108 Å². The number of ether oxygens (including phenoxy) is 16. The van der Waals surface area contributed by atoms with E-state index in [0.717, 1.165) is 28.4 Å². The summed E-state index contributed by atoms with van der Waals surface area (Å²) >= 11 is 1.59. The van der Waals surface area contributed by atoms with Crippen LogP contribution in [-0.2, 0) is 192 Å². The largest absolute Gasteiger partial charge is 1.00 e. The molecule has 7 aliphatic heterocycles. The number of aliphatic carboxylic acids is 2. The summed E-state index contributed by atoms with van der Waals surface area (Å²) in [5.74, 6) is -5.11. The maximum atomic E-state index is 13.9. The minimum Gasteiger partial charge on any atom is -0.726 e. The molecule has 0 aromatic heterocycles. The molecule has 7 heterocycles. The van der Waals surface area contributed by atoms with Crippen LogP contribution in [0.25, 0.3) is 0 Å². The first kappa shape index (κ1) is 127. The number of nitrogens with one attached hydrogen (secondary N) is 3. The van der Waals surface area contributed by atoms with Gasteiger partial charge in [0.25, 0.3) is 0 Å². The summed E-state index contributed by atoms with van der Waals surface area (Å²) in [4.78, 5) is 52.6. The van der Waals surface area contributed by atoms with Crippen LogP contribution in [0.15, 0.2) is 0 Å². The summed E-state index contributed by atoms with van der Waals surface area (Å²) in [5, 5.41) is 35.0. The molecule has 117 heavy (non-hydrogen) atoms. The average Bonchev–Trinajstić information content (AvgIpc) is 1.02. The summed E-state index contributed by atoms with van der Waals surface area (Å²) in [6.07, 6.45) is -61.0. The molecule has 0 aliphatic carbocycles. The Kier molecular flexibility index (Phi) is 59.9. The molecule has 0 bridgehead atoms. The molecule has 28 atom stereocenters. The zero-order valence-electron chi connectivity index (χ0n) is 65.0. The Hall–Kier alpha value is 5.48. The first-order chi connectivity index (χ1) is 50.0. The van der Waals surface area contributed by atoms with Crippen LogP contribution in [0.3, 0.4) is 0 Å². The molecule has 0 aromatic rings. The second kappa shape index (κ2) is 55.4. The van der Waals surface area contributed by atoms with Gasteiger partial charge in [0.2, 0.25) is 78.7 Å². The van der Waals surface area contributed by atoms with E-state index in [2.05, 4.69) is 45.2 Å². The molecular formula is C47H68N3Na9O50S8. The first-order valence-corrected chi connectivity index (χ1v) is 40.8. The van der Waals surface area contributed by atoms with Crippen LogP contribution in [-0.4, -0.2) is 361 Å². The van der Waals surface area contributed by atoms with Crippen LogP contribution in [0.5, 0.6) is 0 Å². The molecule has 0 aromatic carbocycles. The van der Waals surface area contributed by atoms with Crippen molar-refractivity contribution in [3.63, 3.8) is 0 Å². The van der Waals surface area contributed by atoms with Gasteiger partial charge < -0.3 is 143 Å². The van der Waals surface area contributed by atoms with Crippen molar-refractivity contribution < 1.29 is 491 Å². The Morgan fingerprint density at radius 1 is 0.393 bits per heavy atom. The molecule has 0 saturated carbocycles. The van der Waals surface area contributed by atoms with Crippen molar-refractivity contribution in [2.45, 2.75) is 196 Å². The molecule has 70 heteroatoms. The fourth-order valence-corrected chi connectivity index (χ4v) is 17.0. The summed E-state index contributed by atoms with van der Waals surface area (Å²) in [6.45, 7) is -4.82. The molecule has 0 spiro atoms. The van der Waals surface area contributed by atoms with E-state index in [-0.39, 0.29) is 302 Å². The van der Waals surface area contributed by atoms with Gasteiger partial charge in [0.05, 0.1) is 43.8 Å². The Morgan fingerprint density at radius 2 is 0.726 bits per heavy atom. The SMILES string of the molecule is CO[C@H]1O[C@H](COS(=O)(=O)[O-])[C@@H](O[C@@H]2O[C@@H](C(=O)[O-])[C@@H](O[C@H]3O[C@H](COS(=O)(=O)[O-])[C@@H](O[C@@H]4O[C@H](C(=O)[O-])[C@@H](O[C@H]5O[C@H](COS(=O)(=O)[O-])[C@@H](OC)[C@H](OC)[C@H]5NC(=O)CCCC[C@@H]5SC[C@@H]6NC(=O)N[C@@H]65)[C@H](OC)[C@H]4OC)[C@H](OS(=O)(=O)[O-])[C@H]3OS(=O)(=O)[O-])[C@H](OC)[C@H]2OC)[C@H](OS(=O)(=O)[O-])[C@H]1OS(=O)(=O)[O-].[Na+].[Na+].[Na+].[Na+].[Na+].[Na+].[Na+].[Na+].[Na+]. The topological polar surface area (TPSA) is 763 Å². The van der Waals surface area contributed by atoms with Crippen LogP contribution in [0.1, 0.15) is 25.7 Å².